The first-order valence-corrected chi connectivity index (χ1v) is 7.02. The van der Waals surface area contributed by atoms with E-state index in [4.69, 9.17) is 5.73 Å². The highest BCUT2D eigenvalue weighted by molar-refractivity contribution is 5.95. The Morgan fingerprint density at radius 2 is 2.00 bits per heavy atom. The number of aryl methyl sites for hydroxylation is 1. The van der Waals surface area contributed by atoms with Crippen LogP contribution in [-0.4, -0.2) is 46.8 Å². The summed E-state index contributed by atoms with van der Waals surface area (Å²) in [6.45, 7) is 3.06. The molecule has 3 rings (SSSR count). The molecule has 2 aromatic rings. The Bertz CT molecular complexity index is 643. The van der Waals surface area contributed by atoms with E-state index in [2.05, 4.69) is 10.00 Å². The second kappa shape index (κ2) is 5.47. The van der Waals surface area contributed by atoms with Crippen molar-refractivity contribution in [3.63, 3.8) is 0 Å². The fourth-order valence-electron chi connectivity index (χ4n) is 2.59. The molecule has 0 saturated carbocycles. The quantitative estimate of drug-likeness (QED) is 0.835. The van der Waals surface area contributed by atoms with Gasteiger partial charge < -0.3 is 15.5 Å². The van der Waals surface area contributed by atoms with Gasteiger partial charge in [0.05, 0.1) is 11.9 Å². The van der Waals surface area contributed by atoms with Gasteiger partial charge >= 0.3 is 0 Å². The normalized spacial score (nSPS) is 15.3. The minimum atomic E-state index is 0.0492. The maximum atomic E-state index is 12.4. The number of aromatic nitrogens is 2. The minimum Gasteiger partial charge on any atom is -0.399 e. The van der Waals surface area contributed by atoms with Crippen molar-refractivity contribution in [2.75, 3.05) is 36.8 Å². The summed E-state index contributed by atoms with van der Waals surface area (Å²) < 4.78 is 1.79. The summed E-state index contributed by atoms with van der Waals surface area (Å²) in [4.78, 5) is 16.6. The second-order valence-corrected chi connectivity index (χ2v) is 5.28. The lowest BCUT2D eigenvalue weighted by Crippen LogP contribution is -2.48. The average Bonchev–Trinajstić information content (AvgIpc) is 2.93. The largest absolute Gasteiger partial charge is 0.399 e. The standard InChI is InChI=1S/C15H19N5O/c1-18-11-14(10-17-18)19-5-7-20(8-6-19)15(21)12-3-2-4-13(16)9-12/h2-4,9-11H,5-8,16H2,1H3. The number of amides is 1. The average molecular weight is 285 g/mol. The molecule has 0 spiro atoms. The zero-order valence-corrected chi connectivity index (χ0v) is 12.1. The van der Waals surface area contributed by atoms with Crippen molar-refractivity contribution in [1.82, 2.24) is 14.7 Å². The van der Waals surface area contributed by atoms with E-state index in [9.17, 15) is 4.79 Å². The van der Waals surface area contributed by atoms with Gasteiger partial charge in [-0.3, -0.25) is 9.48 Å². The fraction of sp³-hybridized carbons (Fsp3) is 0.333. The van der Waals surface area contributed by atoms with Gasteiger partial charge in [-0.05, 0) is 18.2 Å². The zero-order chi connectivity index (χ0) is 14.8. The highest BCUT2D eigenvalue weighted by Gasteiger charge is 2.22. The SMILES string of the molecule is Cn1cc(N2CCN(C(=O)c3cccc(N)c3)CC2)cn1. The van der Waals surface area contributed by atoms with Crippen LogP contribution in [0, 0.1) is 0 Å². The lowest BCUT2D eigenvalue weighted by molar-refractivity contribution is 0.0747. The van der Waals surface area contributed by atoms with Crippen LogP contribution < -0.4 is 10.6 Å². The Hall–Kier alpha value is -2.50. The van der Waals surface area contributed by atoms with Gasteiger partial charge in [0.2, 0.25) is 0 Å². The van der Waals surface area contributed by atoms with Gasteiger partial charge in [0.25, 0.3) is 5.91 Å². The summed E-state index contributed by atoms with van der Waals surface area (Å²) >= 11 is 0. The van der Waals surface area contributed by atoms with Crippen LogP contribution in [0.5, 0.6) is 0 Å². The highest BCUT2D eigenvalue weighted by atomic mass is 16.2. The molecule has 1 amide bonds. The van der Waals surface area contributed by atoms with E-state index in [1.54, 1.807) is 16.8 Å². The van der Waals surface area contributed by atoms with Crippen molar-refractivity contribution in [2.24, 2.45) is 7.05 Å². The topological polar surface area (TPSA) is 67.4 Å². The molecule has 6 heteroatoms. The Labute approximate surface area is 123 Å². The van der Waals surface area contributed by atoms with Crippen LogP contribution in [0.25, 0.3) is 0 Å². The molecule has 0 aliphatic carbocycles. The Balaban J connectivity index is 1.64. The van der Waals surface area contributed by atoms with Crippen molar-refractivity contribution in [1.29, 1.82) is 0 Å². The van der Waals surface area contributed by atoms with Crippen LogP contribution in [0.1, 0.15) is 10.4 Å². The smallest absolute Gasteiger partial charge is 0.254 e. The molecule has 2 N–H and O–H groups in total. The van der Waals surface area contributed by atoms with Gasteiger partial charge in [-0.2, -0.15) is 5.10 Å². The number of carbonyl (C=O) groups is 1. The second-order valence-electron chi connectivity index (χ2n) is 5.28. The van der Waals surface area contributed by atoms with Crippen molar-refractivity contribution in [2.45, 2.75) is 0 Å². The van der Waals surface area contributed by atoms with Gasteiger partial charge in [-0.15, -0.1) is 0 Å². The van der Waals surface area contributed by atoms with Crippen molar-refractivity contribution >= 4 is 17.3 Å². The van der Waals surface area contributed by atoms with Crippen LogP contribution in [-0.2, 0) is 7.05 Å². The summed E-state index contributed by atoms with van der Waals surface area (Å²) in [5.41, 5.74) is 8.12. The van der Waals surface area contributed by atoms with Crippen LogP contribution in [0.15, 0.2) is 36.7 Å². The third kappa shape index (κ3) is 2.84. The van der Waals surface area contributed by atoms with E-state index in [0.29, 0.717) is 24.3 Å². The molecule has 1 fully saturated rings. The molecule has 1 aromatic carbocycles. The molecule has 2 heterocycles. The Morgan fingerprint density at radius 3 is 2.62 bits per heavy atom. The number of carbonyl (C=O) groups excluding carboxylic acids is 1. The number of benzene rings is 1. The van der Waals surface area contributed by atoms with Crippen LogP contribution >= 0.6 is 0 Å². The summed E-state index contributed by atoms with van der Waals surface area (Å²) in [5.74, 6) is 0.0492. The molecule has 1 saturated heterocycles. The predicted octanol–water partition coefficient (Wildman–Crippen LogP) is 0.965. The maximum Gasteiger partial charge on any atom is 0.254 e. The number of rotatable bonds is 2. The van der Waals surface area contributed by atoms with Crippen molar-refractivity contribution in [3.8, 4) is 0 Å². The van der Waals surface area contributed by atoms with Crippen molar-refractivity contribution < 1.29 is 4.79 Å². The monoisotopic (exact) mass is 285 g/mol. The number of nitrogens with two attached hydrogens (primary N) is 1. The molecule has 0 bridgehead atoms. The molecular weight excluding hydrogens is 266 g/mol. The summed E-state index contributed by atoms with van der Waals surface area (Å²) in [7, 11) is 1.91. The first-order chi connectivity index (χ1) is 10.1. The summed E-state index contributed by atoms with van der Waals surface area (Å²) in [6, 6.07) is 7.15. The molecule has 110 valence electrons. The number of piperazine rings is 1. The van der Waals surface area contributed by atoms with Gasteiger partial charge in [-0.25, -0.2) is 0 Å². The maximum absolute atomic E-state index is 12.4. The van der Waals surface area contributed by atoms with E-state index in [1.807, 2.05) is 36.5 Å². The number of hydrogen-bond donors (Lipinski definition) is 1. The summed E-state index contributed by atoms with van der Waals surface area (Å²) in [5, 5.41) is 4.18. The highest BCUT2D eigenvalue weighted by Crippen LogP contribution is 2.17. The minimum absolute atomic E-state index is 0.0492. The number of nitrogens with zero attached hydrogens (tertiary/aromatic N) is 4. The van der Waals surface area contributed by atoms with Crippen LogP contribution in [0.4, 0.5) is 11.4 Å². The van der Waals surface area contributed by atoms with Gasteiger partial charge in [0.15, 0.2) is 0 Å². The molecule has 1 aliphatic rings. The lowest BCUT2D eigenvalue weighted by Gasteiger charge is -2.35. The van der Waals surface area contributed by atoms with Crippen LogP contribution in [0.2, 0.25) is 0 Å². The predicted molar refractivity (Wildman–Crippen MR) is 82.2 cm³/mol. The first kappa shape index (κ1) is 13.5. The number of anilines is 2. The van der Waals surface area contributed by atoms with E-state index in [-0.39, 0.29) is 5.91 Å². The molecule has 1 aliphatic heterocycles. The Morgan fingerprint density at radius 1 is 1.24 bits per heavy atom. The van der Waals surface area contributed by atoms with Crippen LogP contribution in [0.3, 0.4) is 0 Å². The molecule has 0 radical (unpaired) electrons. The summed E-state index contributed by atoms with van der Waals surface area (Å²) in [6.07, 6.45) is 3.85. The molecular formula is C15H19N5O. The molecule has 0 atom stereocenters. The van der Waals surface area contributed by atoms with E-state index >= 15 is 0 Å². The van der Waals surface area contributed by atoms with E-state index < -0.39 is 0 Å². The number of nitrogen functional groups attached to an aromatic ring is 1. The zero-order valence-electron chi connectivity index (χ0n) is 12.1. The molecule has 1 aromatic heterocycles. The third-order valence-electron chi connectivity index (χ3n) is 3.76. The Kier molecular flexibility index (Phi) is 3.51. The van der Waals surface area contributed by atoms with Gasteiger partial charge in [-0.1, -0.05) is 6.07 Å². The number of hydrogen-bond acceptors (Lipinski definition) is 4. The molecule has 0 unspecified atom stereocenters. The molecule has 6 nitrogen and oxygen atoms in total. The third-order valence-corrected chi connectivity index (χ3v) is 3.76. The fourth-order valence-corrected chi connectivity index (χ4v) is 2.59. The van der Waals surface area contributed by atoms with Gasteiger partial charge in [0.1, 0.15) is 0 Å². The molecule has 21 heavy (non-hydrogen) atoms. The van der Waals surface area contributed by atoms with Crippen molar-refractivity contribution in [3.05, 3.63) is 42.2 Å². The van der Waals surface area contributed by atoms with E-state index in [0.717, 1.165) is 18.8 Å². The lowest BCUT2D eigenvalue weighted by atomic mass is 10.1. The van der Waals surface area contributed by atoms with Gasteiger partial charge in [0, 0.05) is 50.7 Å². The first-order valence-electron chi connectivity index (χ1n) is 7.02. The van der Waals surface area contributed by atoms with E-state index in [1.165, 1.54) is 0 Å².